The molecule has 128 valence electrons. The maximum Gasteiger partial charge on any atom is 0.193 e. The van der Waals surface area contributed by atoms with Crippen molar-refractivity contribution in [3.8, 4) is 0 Å². The van der Waals surface area contributed by atoms with Gasteiger partial charge in [0.25, 0.3) is 0 Å². The fourth-order valence-electron chi connectivity index (χ4n) is 4.06. The number of nitrogens with zero attached hydrogens (tertiary/aromatic N) is 4. The van der Waals surface area contributed by atoms with E-state index in [1.165, 1.54) is 45.3 Å². The summed E-state index contributed by atoms with van der Waals surface area (Å²) < 4.78 is 0. The van der Waals surface area contributed by atoms with Gasteiger partial charge in [0.2, 0.25) is 0 Å². The lowest BCUT2D eigenvalue weighted by atomic mass is 9.68. The standard InChI is InChI=1S/C16H31N5.HI/c1-17-15(21-8-7-16(13-21)5-4-6-16)18-11-14-12-19(2)9-10-20(14)3;/h14H,4-13H2,1-3H3,(H,17,18);1H. The van der Waals surface area contributed by atoms with Gasteiger partial charge < -0.3 is 15.1 Å². The number of aliphatic imine (C=N–C) groups is 1. The van der Waals surface area contributed by atoms with Crippen molar-refractivity contribution in [1.29, 1.82) is 0 Å². The normalized spacial score (nSPS) is 29.3. The van der Waals surface area contributed by atoms with Crippen LogP contribution < -0.4 is 5.32 Å². The van der Waals surface area contributed by atoms with Crippen molar-refractivity contribution in [1.82, 2.24) is 20.0 Å². The second-order valence-electron chi connectivity index (χ2n) is 7.35. The van der Waals surface area contributed by atoms with E-state index in [2.05, 4.69) is 39.1 Å². The zero-order chi connectivity index (χ0) is 14.9. The molecule has 1 spiro atoms. The van der Waals surface area contributed by atoms with E-state index in [0.717, 1.165) is 25.6 Å². The smallest absolute Gasteiger partial charge is 0.193 e. The summed E-state index contributed by atoms with van der Waals surface area (Å²) in [6, 6.07) is 0.584. The van der Waals surface area contributed by atoms with E-state index in [1.807, 2.05) is 7.05 Å². The van der Waals surface area contributed by atoms with Gasteiger partial charge in [-0.15, -0.1) is 24.0 Å². The van der Waals surface area contributed by atoms with Crippen molar-refractivity contribution >= 4 is 29.9 Å². The van der Waals surface area contributed by atoms with Crippen LogP contribution in [-0.4, -0.2) is 87.1 Å². The van der Waals surface area contributed by atoms with Crippen molar-refractivity contribution in [3.05, 3.63) is 0 Å². The SMILES string of the molecule is CN=C(NCC1CN(C)CCN1C)N1CCC2(CCC2)C1.I. The van der Waals surface area contributed by atoms with Gasteiger partial charge >= 0.3 is 0 Å². The summed E-state index contributed by atoms with van der Waals surface area (Å²) in [7, 11) is 6.38. The van der Waals surface area contributed by atoms with Crippen molar-refractivity contribution in [2.75, 3.05) is 60.4 Å². The number of hydrogen-bond acceptors (Lipinski definition) is 3. The first-order valence-electron chi connectivity index (χ1n) is 8.46. The molecule has 3 aliphatic rings. The molecule has 2 aliphatic heterocycles. The Labute approximate surface area is 152 Å². The molecule has 6 heteroatoms. The number of piperazine rings is 1. The van der Waals surface area contributed by atoms with Crippen LogP contribution in [0.1, 0.15) is 25.7 Å². The van der Waals surface area contributed by atoms with Gasteiger partial charge in [0.15, 0.2) is 5.96 Å². The molecule has 0 aromatic carbocycles. The first kappa shape index (κ1) is 18.3. The first-order valence-corrected chi connectivity index (χ1v) is 8.46. The monoisotopic (exact) mass is 421 g/mol. The molecule has 0 aromatic heterocycles. The highest BCUT2D eigenvalue weighted by atomic mass is 127. The van der Waals surface area contributed by atoms with Gasteiger partial charge in [0.1, 0.15) is 0 Å². The largest absolute Gasteiger partial charge is 0.355 e. The summed E-state index contributed by atoms with van der Waals surface area (Å²) in [5, 5.41) is 3.63. The van der Waals surface area contributed by atoms with Gasteiger partial charge in [0.05, 0.1) is 0 Å². The number of hydrogen-bond donors (Lipinski definition) is 1. The highest BCUT2D eigenvalue weighted by Gasteiger charge is 2.43. The fraction of sp³-hybridized carbons (Fsp3) is 0.938. The Morgan fingerprint density at radius 2 is 1.95 bits per heavy atom. The second kappa shape index (κ2) is 7.66. The average molecular weight is 421 g/mol. The van der Waals surface area contributed by atoms with E-state index < -0.39 is 0 Å². The van der Waals surface area contributed by atoms with E-state index in [-0.39, 0.29) is 24.0 Å². The number of guanidine groups is 1. The van der Waals surface area contributed by atoms with Gasteiger partial charge in [-0.2, -0.15) is 0 Å². The minimum absolute atomic E-state index is 0. The molecule has 0 amide bonds. The highest BCUT2D eigenvalue weighted by Crippen LogP contribution is 2.47. The molecule has 5 nitrogen and oxygen atoms in total. The number of likely N-dealkylation sites (tertiary alicyclic amines) is 1. The number of halogens is 1. The minimum Gasteiger partial charge on any atom is -0.355 e. The van der Waals surface area contributed by atoms with Crippen LogP contribution in [0.2, 0.25) is 0 Å². The third kappa shape index (κ3) is 3.87. The zero-order valence-electron chi connectivity index (χ0n) is 14.3. The van der Waals surface area contributed by atoms with Crippen LogP contribution in [0.4, 0.5) is 0 Å². The van der Waals surface area contributed by atoms with E-state index in [9.17, 15) is 0 Å². The highest BCUT2D eigenvalue weighted by molar-refractivity contribution is 14.0. The molecule has 2 saturated heterocycles. The molecule has 3 rings (SSSR count). The lowest BCUT2D eigenvalue weighted by molar-refractivity contribution is 0.115. The van der Waals surface area contributed by atoms with E-state index >= 15 is 0 Å². The van der Waals surface area contributed by atoms with Gasteiger partial charge in [-0.3, -0.25) is 9.89 Å². The molecule has 1 saturated carbocycles. The maximum atomic E-state index is 4.52. The first-order chi connectivity index (χ1) is 10.1. The molecule has 3 fully saturated rings. The molecule has 2 heterocycles. The third-order valence-corrected chi connectivity index (χ3v) is 5.84. The van der Waals surface area contributed by atoms with Crippen molar-refractivity contribution in [2.24, 2.45) is 10.4 Å². The Bertz CT molecular complexity index is 396. The molecule has 22 heavy (non-hydrogen) atoms. The van der Waals surface area contributed by atoms with Crippen molar-refractivity contribution < 1.29 is 0 Å². The van der Waals surface area contributed by atoms with Gasteiger partial charge in [-0.25, -0.2) is 0 Å². The van der Waals surface area contributed by atoms with Crippen LogP contribution in [0.15, 0.2) is 4.99 Å². The minimum atomic E-state index is 0. The van der Waals surface area contributed by atoms with E-state index in [4.69, 9.17) is 0 Å². The van der Waals surface area contributed by atoms with Crippen LogP contribution in [0.25, 0.3) is 0 Å². The lowest BCUT2D eigenvalue weighted by Crippen LogP contribution is -2.55. The molecular weight excluding hydrogens is 389 g/mol. The lowest BCUT2D eigenvalue weighted by Gasteiger charge is -2.39. The van der Waals surface area contributed by atoms with Crippen LogP contribution in [-0.2, 0) is 0 Å². The summed E-state index contributed by atoms with van der Waals surface area (Å²) in [6.45, 7) is 6.87. The molecule has 1 atom stereocenters. The molecule has 0 radical (unpaired) electrons. The Morgan fingerprint density at radius 3 is 2.55 bits per heavy atom. The Balaban J connectivity index is 0.00000176. The van der Waals surface area contributed by atoms with Gasteiger partial charge in [0, 0.05) is 52.4 Å². The Morgan fingerprint density at radius 1 is 1.18 bits per heavy atom. The van der Waals surface area contributed by atoms with Crippen LogP contribution in [0, 0.1) is 5.41 Å². The van der Waals surface area contributed by atoms with Crippen LogP contribution >= 0.6 is 24.0 Å². The van der Waals surface area contributed by atoms with E-state index in [0.29, 0.717) is 11.5 Å². The second-order valence-corrected chi connectivity index (χ2v) is 7.35. The molecule has 1 N–H and O–H groups in total. The molecule has 1 unspecified atom stereocenters. The quantitative estimate of drug-likeness (QED) is 0.414. The summed E-state index contributed by atoms with van der Waals surface area (Å²) in [5.41, 5.74) is 0.638. The van der Waals surface area contributed by atoms with Gasteiger partial charge in [-0.1, -0.05) is 6.42 Å². The summed E-state index contributed by atoms with van der Waals surface area (Å²) in [4.78, 5) is 11.9. The Hall–Kier alpha value is -0.0800. The summed E-state index contributed by atoms with van der Waals surface area (Å²) in [5.74, 6) is 1.11. The predicted octanol–water partition coefficient (Wildman–Crippen LogP) is 1.30. The molecular formula is C16H32IN5. The van der Waals surface area contributed by atoms with Crippen LogP contribution in [0.5, 0.6) is 0 Å². The summed E-state index contributed by atoms with van der Waals surface area (Å²) >= 11 is 0. The van der Waals surface area contributed by atoms with Crippen LogP contribution in [0.3, 0.4) is 0 Å². The predicted molar refractivity (Wildman–Crippen MR) is 103 cm³/mol. The maximum absolute atomic E-state index is 4.52. The number of likely N-dealkylation sites (N-methyl/N-ethyl adjacent to an activating group) is 2. The number of nitrogens with one attached hydrogen (secondary N) is 1. The Kier molecular flexibility index (Phi) is 6.36. The van der Waals surface area contributed by atoms with Gasteiger partial charge in [-0.05, 0) is 38.8 Å². The van der Waals surface area contributed by atoms with E-state index in [1.54, 1.807) is 0 Å². The average Bonchev–Trinajstić information content (AvgIpc) is 2.89. The zero-order valence-corrected chi connectivity index (χ0v) is 16.7. The topological polar surface area (TPSA) is 34.1 Å². The number of rotatable bonds is 2. The van der Waals surface area contributed by atoms with Crippen molar-refractivity contribution in [3.63, 3.8) is 0 Å². The molecule has 0 bridgehead atoms. The summed E-state index contributed by atoms with van der Waals surface area (Å²) in [6.07, 6.45) is 5.64. The molecule has 0 aromatic rings. The third-order valence-electron chi connectivity index (χ3n) is 5.84. The fourth-order valence-corrected chi connectivity index (χ4v) is 4.06. The molecule has 1 aliphatic carbocycles. The van der Waals surface area contributed by atoms with Crippen molar-refractivity contribution in [2.45, 2.75) is 31.7 Å².